The molecule has 3 heteroatoms. The predicted molar refractivity (Wildman–Crippen MR) is 94.0 cm³/mol. The van der Waals surface area contributed by atoms with Crippen LogP contribution in [0, 0.1) is 0 Å². The molecule has 0 fully saturated rings. The molecule has 23 heavy (non-hydrogen) atoms. The largest absolute Gasteiger partial charge is 0.497 e. The average Bonchev–Trinajstić information content (AvgIpc) is 2.83. The third-order valence-corrected chi connectivity index (χ3v) is 4.81. The molecule has 2 heterocycles. The van der Waals surface area contributed by atoms with Gasteiger partial charge in [0.15, 0.2) is 0 Å². The van der Waals surface area contributed by atoms with Gasteiger partial charge in [-0.15, -0.1) is 0 Å². The Balaban J connectivity index is 1.57. The van der Waals surface area contributed by atoms with Crippen LogP contribution in [-0.2, 0) is 19.4 Å². The second-order valence-corrected chi connectivity index (χ2v) is 6.26. The number of ether oxygens (including phenoxy) is 1. The van der Waals surface area contributed by atoms with Gasteiger partial charge in [0.2, 0.25) is 0 Å². The lowest BCUT2D eigenvalue weighted by Crippen LogP contribution is -2.26. The van der Waals surface area contributed by atoms with Crippen LogP contribution in [0.4, 0.5) is 0 Å². The van der Waals surface area contributed by atoms with E-state index in [1.165, 1.54) is 27.7 Å². The summed E-state index contributed by atoms with van der Waals surface area (Å²) in [4.78, 5) is 6.16. The zero-order valence-corrected chi connectivity index (χ0v) is 13.5. The number of H-pyrrole nitrogens is 1. The van der Waals surface area contributed by atoms with Gasteiger partial charge in [-0.25, -0.2) is 0 Å². The SMILES string of the molecule is COc1ccc2[nH]c3c(c2c1)CCN(Cc1ccccc1)CC3. The number of fused-ring (bicyclic) bond motifs is 3. The van der Waals surface area contributed by atoms with Gasteiger partial charge in [0.1, 0.15) is 5.75 Å². The summed E-state index contributed by atoms with van der Waals surface area (Å²) in [5.74, 6) is 0.935. The van der Waals surface area contributed by atoms with Crippen LogP contribution in [0.15, 0.2) is 48.5 Å². The van der Waals surface area contributed by atoms with E-state index in [4.69, 9.17) is 4.74 Å². The predicted octanol–water partition coefficient (Wildman–Crippen LogP) is 3.78. The fourth-order valence-corrected chi connectivity index (χ4v) is 3.56. The van der Waals surface area contributed by atoms with Crippen LogP contribution in [0.3, 0.4) is 0 Å². The summed E-state index contributed by atoms with van der Waals surface area (Å²) in [5.41, 5.74) is 5.48. The summed E-state index contributed by atoms with van der Waals surface area (Å²) < 4.78 is 5.39. The molecule has 0 atom stereocenters. The molecule has 0 saturated carbocycles. The maximum Gasteiger partial charge on any atom is 0.119 e. The number of nitrogens with zero attached hydrogens (tertiary/aromatic N) is 1. The first kappa shape index (κ1) is 14.3. The standard InChI is InChI=1S/C20H22N2O/c1-23-16-7-8-19-18(13-16)17-9-11-22(12-10-20(17)21-19)14-15-5-3-2-4-6-15/h2-8,13,21H,9-12,14H2,1H3. The second-order valence-electron chi connectivity index (χ2n) is 6.26. The molecule has 2 aromatic carbocycles. The van der Waals surface area contributed by atoms with Crippen molar-refractivity contribution in [3.8, 4) is 5.75 Å². The molecule has 4 rings (SSSR count). The topological polar surface area (TPSA) is 28.3 Å². The monoisotopic (exact) mass is 306 g/mol. The molecule has 3 aromatic rings. The number of rotatable bonds is 3. The van der Waals surface area contributed by atoms with E-state index in [0.29, 0.717) is 0 Å². The van der Waals surface area contributed by atoms with E-state index in [0.717, 1.165) is 38.2 Å². The molecule has 0 bridgehead atoms. The molecule has 0 saturated heterocycles. The lowest BCUT2D eigenvalue weighted by atomic mass is 10.1. The average molecular weight is 306 g/mol. The lowest BCUT2D eigenvalue weighted by Gasteiger charge is -2.19. The van der Waals surface area contributed by atoms with Crippen molar-refractivity contribution in [3.63, 3.8) is 0 Å². The van der Waals surface area contributed by atoms with Gasteiger partial charge in [-0.2, -0.15) is 0 Å². The van der Waals surface area contributed by atoms with E-state index < -0.39 is 0 Å². The van der Waals surface area contributed by atoms with Crippen molar-refractivity contribution in [2.24, 2.45) is 0 Å². The first-order valence-electron chi connectivity index (χ1n) is 8.27. The molecule has 0 aliphatic carbocycles. The van der Waals surface area contributed by atoms with Crippen molar-refractivity contribution in [2.75, 3.05) is 20.2 Å². The van der Waals surface area contributed by atoms with Gasteiger partial charge in [-0.1, -0.05) is 30.3 Å². The van der Waals surface area contributed by atoms with E-state index in [1.54, 1.807) is 7.11 Å². The Morgan fingerprint density at radius 3 is 2.70 bits per heavy atom. The zero-order chi connectivity index (χ0) is 15.6. The van der Waals surface area contributed by atoms with Crippen molar-refractivity contribution < 1.29 is 4.74 Å². The van der Waals surface area contributed by atoms with Gasteiger partial charge in [0, 0.05) is 42.7 Å². The lowest BCUT2D eigenvalue weighted by molar-refractivity contribution is 0.279. The van der Waals surface area contributed by atoms with Crippen LogP contribution < -0.4 is 4.74 Å². The van der Waals surface area contributed by atoms with Crippen molar-refractivity contribution >= 4 is 10.9 Å². The van der Waals surface area contributed by atoms with E-state index in [-0.39, 0.29) is 0 Å². The Kier molecular flexibility index (Phi) is 3.80. The van der Waals surface area contributed by atoms with E-state index in [9.17, 15) is 0 Å². The Morgan fingerprint density at radius 2 is 1.87 bits per heavy atom. The van der Waals surface area contributed by atoms with Crippen molar-refractivity contribution in [2.45, 2.75) is 19.4 Å². The molecule has 0 amide bonds. The minimum atomic E-state index is 0.935. The van der Waals surface area contributed by atoms with Gasteiger partial charge in [-0.05, 0) is 35.7 Å². The first-order valence-corrected chi connectivity index (χ1v) is 8.27. The molecular formula is C20H22N2O. The minimum Gasteiger partial charge on any atom is -0.497 e. The third-order valence-electron chi connectivity index (χ3n) is 4.81. The maximum absolute atomic E-state index is 5.39. The van der Waals surface area contributed by atoms with Gasteiger partial charge >= 0.3 is 0 Å². The first-order chi connectivity index (χ1) is 11.3. The van der Waals surface area contributed by atoms with Crippen molar-refractivity contribution in [1.29, 1.82) is 0 Å². The summed E-state index contributed by atoms with van der Waals surface area (Å²) in [7, 11) is 1.73. The minimum absolute atomic E-state index is 0.935. The van der Waals surface area contributed by atoms with Crippen LogP contribution in [0.2, 0.25) is 0 Å². The van der Waals surface area contributed by atoms with Crippen LogP contribution in [0.25, 0.3) is 10.9 Å². The van der Waals surface area contributed by atoms with Gasteiger partial charge in [-0.3, -0.25) is 4.90 Å². The van der Waals surface area contributed by atoms with E-state index in [1.807, 2.05) is 6.07 Å². The van der Waals surface area contributed by atoms with Crippen LogP contribution in [0.5, 0.6) is 5.75 Å². The summed E-state index contributed by atoms with van der Waals surface area (Å²) >= 11 is 0. The van der Waals surface area contributed by atoms with Gasteiger partial charge in [0.25, 0.3) is 0 Å². The van der Waals surface area contributed by atoms with E-state index in [2.05, 4.69) is 52.3 Å². The van der Waals surface area contributed by atoms with Gasteiger partial charge in [0.05, 0.1) is 7.11 Å². The molecule has 0 radical (unpaired) electrons. The van der Waals surface area contributed by atoms with Crippen LogP contribution in [-0.4, -0.2) is 30.1 Å². The van der Waals surface area contributed by atoms with Crippen molar-refractivity contribution in [3.05, 3.63) is 65.4 Å². The number of aromatic amines is 1. The summed E-state index contributed by atoms with van der Waals surface area (Å²) in [6.07, 6.45) is 2.18. The summed E-state index contributed by atoms with van der Waals surface area (Å²) in [6, 6.07) is 17.1. The molecule has 3 nitrogen and oxygen atoms in total. The molecule has 1 aliphatic rings. The normalized spacial score (nSPS) is 15.3. The van der Waals surface area contributed by atoms with Crippen LogP contribution >= 0.6 is 0 Å². The fraction of sp³-hybridized carbons (Fsp3) is 0.300. The Labute approximate surface area is 136 Å². The smallest absolute Gasteiger partial charge is 0.119 e. The highest BCUT2D eigenvalue weighted by atomic mass is 16.5. The molecule has 0 unspecified atom stereocenters. The highest BCUT2D eigenvalue weighted by Gasteiger charge is 2.18. The number of benzene rings is 2. The maximum atomic E-state index is 5.39. The number of aromatic nitrogens is 1. The Bertz CT molecular complexity index is 807. The highest BCUT2D eigenvalue weighted by molar-refractivity contribution is 5.86. The molecule has 0 spiro atoms. The highest BCUT2D eigenvalue weighted by Crippen LogP contribution is 2.29. The summed E-state index contributed by atoms with van der Waals surface area (Å²) in [6.45, 7) is 3.24. The molecule has 1 N–H and O–H groups in total. The van der Waals surface area contributed by atoms with Crippen molar-refractivity contribution in [1.82, 2.24) is 9.88 Å². The quantitative estimate of drug-likeness (QED) is 0.797. The Morgan fingerprint density at radius 1 is 1.04 bits per heavy atom. The second kappa shape index (κ2) is 6.09. The number of hydrogen-bond acceptors (Lipinski definition) is 2. The zero-order valence-electron chi connectivity index (χ0n) is 13.5. The number of nitrogens with one attached hydrogen (secondary N) is 1. The molecule has 1 aromatic heterocycles. The molecular weight excluding hydrogens is 284 g/mol. The number of hydrogen-bond donors (Lipinski definition) is 1. The summed E-state index contributed by atoms with van der Waals surface area (Å²) in [5, 5.41) is 1.32. The third kappa shape index (κ3) is 2.84. The van der Waals surface area contributed by atoms with Gasteiger partial charge < -0.3 is 9.72 Å². The fourth-order valence-electron chi connectivity index (χ4n) is 3.56. The number of methoxy groups -OCH3 is 1. The molecule has 1 aliphatic heterocycles. The molecule has 118 valence electrons. The Hall–Kier alpha value is -2.26. The van der Waals surface area contributed by atoms with Crippen LogP contribution in [0.1, 0.15) is 16.8 Å². The van der Waals surface area contributed by atoms with E-state index >= 15 is 0 Å².